The fraction of sp³-hybridized carbons (Fsp3) is 0.517. The number of benzene rings is 2. The predicted octanol–water partition coefficient (Wildman–Crippen LogP) is 4.87. The summed E-state index contributed by atoms with van der Waals surface area (Å²) in [6.45, 7) is 3.60. The summed E-state index contributed by atoms with van der Waals surface area (Å²) in [5.74, 6) is 0.667. The molecule has 6 rings (SSSR count). The van der Waals surface area contributed by atoms with Gasteiger partial charge in [0.15, 0.2) is 0 Å². The van der Waals surface area contributed by atoms with Crippen molar-refractivity contribution in [2.75, 3.05) is 26.2 Å². The molecular formula is C29H36N2O5. The fourth-order valence-corrected chi connectivity index (χ4v) is 5.91. The molecule has 1 saturated carbocycles. The number of alkyl carbamates (subject to hydrolysis) is 1. The third-order valence-electron chi connectivity index (χ3n) is 8.12. The topological polar surface area (TPSA) is 88.1 Å². The van der Waals surface area contributed by atoms with E-state index in [0.29, 0.717) is 31.3 Å². The van der Waals surface area contributed by atoms with E-state index in [1.165, 1.54) is 0 Å². The molecule has 192 valence electrons. The summed E-state index contributed by atoms with van der Waals surface area (Å²) in [7, 11) is 0. The first-order chi connectivity index (χ1) is 17.5. The molecule has 0 radical (unpaired) electrons. The molecule has 3 saturated heterocycles. The van der Waals surface area contributed by atoms with E-state index in [0.717, 1.165) is 62.2 Å². The minimum Gasteiger partial charge on any atom is -0.493 e. The van der Waals surface area contributed by atoms with Gasteiger partial charge in [-0.05, 0) is 86.7 Å². The molecule has 2 N–H and O–H groups in total. The van der Waals surface area contributed by atoms with Crippen molar-refractivity contribution >= 4 is 12.1 Å². The van der Waals surface area contributed by atoms with Gasteiger partial charge in [0.05, 0.1) is 18.6 Å². The van der Waals surface area contributed by atoms with Gasteiger partial charge < -0.3 is 19.9 Å². The Labute approximate surface area is 212 Å². The van der Waals surface area contributed by atoms with Crippen LogP contribution in [0.15, 0.2) is 54.6 Å². The molecule has 4 aliphatic rings. The van der Waals surface area contributed by atoms with E-state index in [1.54, 1.807) is 0 Å². The van der Waals surface area contributed by atoms with Crippen molar-refractivity contribution in [1.82, 2.24) is 10.2 Å². The molecule has 0 spiro atoms. The molecular weight excluding hydrogens is 456 g/mol. The van der Waals surface area contributed by atoms with Gasteiger partial charge in [0.1, 0.15) is 11.9 Å². The van der Waals surface area contributed by atoms with Crippen LogP contribution in [0.3, 0.4) is 0 Å². The summed E-state index contributed by atoms with van der Waals surface area (Å²) in [6.07, 6.45) is 4.93. The number of carbonyl (C=O) groups is 2. The Morgan fingerprint density at radius 1 is 0.944 bits per heavy atom. The lowest BCUT2D eigenvalue weighted by Crippen LogP contribution is -2.52. The highest BCUT2D eigenvalue weighted by molar-refractivity contribution is 5.70. The maximum absolute atomic E-state index is 13.0. The molecule has 1 amide bonds. The lowest BCUT2D eigenvalue weighted by atomic mass is 9.82. The molecule has 2 bridgehead atoms. The van der Waals surface area contributed by atoms with Gasteiger partial charge in [-0.2, -0.15) is 0 Å². The average molecular weight is 493 g/mol. The largest absolute Gasteiger partial charge is 0.493 e. The van der Waals surface area contributed by atoms with E-state index in [1.807, 2.05) is 54.6 Å². The first-order valence-corrected chi connectivity index (χ1v) is 13.2. The van der Waals surface area contributed by atoms with Crippen molar-refractivity contribution in [3.8, 4) is 5.75 Å². The molecule has 3 heterocycles. The minimum atomic E-state index is -0.687. The Kier molecular flexibility index (Phi) is 7.75. The Morgan fingerprint density at radius 2 is 1.67 bits per heavy atom. The molecule has 36 heavy (non-hydrogen) atoms. The number of carboxylic acid groups (broad SMARTS) is 1. The number of nitrogens with one attached hydrogen (secondary N) is 1. The molecule has 0 aromatic heterocycles. The number of carbonyl (C=O) groups excluding carboxylic acids is 1. The molecule has 7 nitrogen and oxygen atoms in total. The number of hydrogen-bond acceptors (Lipinski definition) is 5. The van der Waals surface area contributed by atoms with Crippen LogP contribution in [0.5, 0.6) is 5.75 Å². The van der Waals surface area contributed by atoms with Crippen LogP contribution in [0.25, 0.3) is 0 Å². The van der Waals surface area contributed by atoms with Crippen LogP contribution in [-0.2, 0) is 9.53 Å². The number of rotatable bonds is 8. The van der Waals surface area contributed by atoms with Gasteiger partial charge >= 0.3 is 12.1 Å². The Hall–Kier alpha value is -3.06. The van der Waals surface area contributed by atoms with Crippen molar-refractivity contribution in [3.63, 3.8) is 0 Å². The average Bonchev–Trinajstić information content (AvgIpc) is 2.92. The van der Waals surface area contributed by atoms with Gasteiger partial charge in [-0.25, -0.2) is 4.79 Å². The van der Waals surface area contributed by atoms with Crippen LogP contribution in [-0.4, -0.2) is 54.4 Å². The highest BCUT2D eigenvalue weighted by Gasteiger charge is 2.37. The first kappa shape index (κ1) is 24.6. The van der Waals surface area contributed by atoms with E-state index >= 15 is 0 Å². The highest BCUT2D eigenvalue weighted by Crippen LogP contribution is 2.32. The van der Waals surface area contributed by atoms with Gasteiger partial charge in [0, 0.05) is 6.54 Å². The summed E-state index contributed by atoms with van der Waals surface area (Å²) >= 11 is 0. The molecule has 1 unspecified atom stereocenters. The number of hydrogen-bond donors (Lipinski definition) is 2. The maximum atomic E-state index is 13.0. The van der Waals surface area contributed by atoms with Gasteiger partial charge in [-0.1, -0.05) is 42.5 Å². The molecule has 2 atom stereocenters. The summed E-state index contributed by atoms with van der Waals surface area (Å²) in [6, 6.07) is 17.4. The maximum Gasteiger partial charge on any atom is 0.408 e. The van der Waals surface area contributed by atoms with Crippen LogP contribution in [0.4, 0.5) is 4.79 Å². The summed E-state index contributed by atoms with van der Waals surface area (Å²) in [5, 5.41) is 12.3. The van der Waals surface area contributed by atoms with Gasteiger partial charge in [0.25, 0.3) is 0 Å². The zero-order chi connectivity index (χ0) is 24.9. The Morgan fingerprint density at radius 3 is 2.33 bits per heavy atom. The second kappa shape index (κ2) is 11.3. The lowest BCUT2D eigenvalue weighted by Gasteiger charge is -2.43. The standard InChI is InChI=1S/C29H36N2O5/c32-28(33)23-11-9-20(10-12-23)19-35-25-8-4-7-24(17-25)27(22-5-2-1-3-6-22)30-29(34)36-26-18-31-15-13-21(26)14-16-31/h1-8,17,20-21,23,26-27H,9-16,18-19H2,(H,30,34)(H,32,33)/t20?,23?,26-,27?/m0/s1. The van der Waals surface area contributed by atoms with Crippen molar-refractivity contribution in [2.24, 2.45) is 17.8 Å². The number of amides is 1. The number of piperidine rings is 3. The molecule has 2 aromatic rings. The number of carboxylic acids is 1. The van der Waals surface area contributed by atoms with Gasteiger partial charge in [-0.3, -0.25) is 9.69 Å². The third-order valence-corrected chi connectivity index (χ3v) is 8.12. The smallest absolute Gasteiger partial charge is 0.408 e. The number of ether oxygens (including phenoxy) is 2. The SMILES string of the molecule is O=C(NC(c1ccccc1)c1cccc(OCC2CCC(C(=O)O)CC2)c1)O[C@H]1CN2CCC1CC2. The van der Waals surface area contributed by atoms with Crippen molar-refractivity contribution in [2.45, 2.75) is 50.7 Å². The number of fused-ring (bicyclic) bond motifs is 3. The second-order valence-corrected chi connectivity index (χ2v) is 10.5. The number of aliphatic carboxylic acids is 1. The highest BCUT2D eigenvalue weighted by atomic mass is 16.6. The summed E-state index contributed by atoms with van der Waals surface area (Å²) in [4.78, 5) is 26.6. The zero-order valence-corrected chi connectivity index (χ0v) is 20.7. The van der Waals surface area contributed by atoms with Crippen molar-refractivity contribution < 1.29 is 24.2 Å². The molecule has 1 aliphatic carbocycles. The minimum absolute atomic E-state index is 0.0465. The van der Waals surface area contributed by atoms with Gasteiger partial charge in [0.2, 0.25) is 0 Å². The third kappa shape index (κ3) is 6.01. The van der Waals surface area contributed by atoms with Crippen LogP contribution in [0.2, 0.25) is 0 Å². The Balaban J connectivity index is 1.24. The van der Waals surface area contributed by atoms with E-state index < -0.39 is 5.97 Å². The van der Waals surface area contributed by atoms with E-state index in [4.69, 9.17) is 9.47 Å². The molecule has 7 heteroatoms. The molecule has 3 aliphatic heterocycles. The Bertz CT molecular complexity index is 1030. The molecule has 4 fully saturated rings. The van der Waals surface area contributed by atoms with Crippen LogP contribution in [0, 0.1) is 17.8 Å². The van der Waals surface area contributed by atoms with Crippen LogP contribution < -0.4 is 10.1 Å². The summed E-state index contributed by atoms with van der Waals surface area (Å²) < 4.78 is 12.0. The molecule has 2 aromatic carbocycles. The quantitative estimate of drug-likeness (QED) is 0.547. The van der Waals surface area contributed by atoms with E-state index in [-0.39, 0.29) is 24.2 Å². The fourth-order valence-electron chi connectivity index (χ4n) is 5.91. The van der Waals surface area contributed by atoms with E-state index in [2.05, 4.69) is 10.2 Å². The normalized spacial score (nSPS) is 28.2. The lowest BCUT2D eigenvalue weighted by molar-refractivity contribution is -0.143. The summed E-state index contributed by atoms with van der Waals surface area (Å²) in [5.41, 5.74) is 1.91. The van der Waals surface area contributed by atoms with Crippen molar-refractivity contribution in [1.29, 1.82) is 0 Å². The van der Waals surface area contributed by atoms with Gasteiger partial charge in [-0.15, -0.1) is 0 Å². The van der Waals surface area contributed by atoms with Crippen LogP contribution in [0.1, 0.15) is 55.7 Å². The van der Waals surface area contributed by atoms with Crippen molar-refractivity contribution in [3.05, 3.63) is 65.7 Å². The van der Waals surface area contributed by atoms with E-state index in [9.17, 15) is 14.7 Å². The predicted molar refractivity (Wildman–Crippen MR) is 136 cm³/mol. The number of nitrogens with zero attached hydrogens (tertiary/aromatic N) is 1. The second-order valence-electron chi connectivity index (χ2n) is 10.5. The van der Waals surface area contributed by atoms with Crippen LogP contribution >= 0.6 is 0 Å². The zero-order valence-electron chi connectivity index (χ0n) is 20.7. The first-order valence-electron chi connectivity index (χ1n) is 13.2. The monoisotopic (exact) mass is 492 g/mol.